The molecule has 0 radical (unpaired) electrons. The van der Waals surface area contributed by atoms with E-state index >= 15 is 0 Å². The summed E-state index contributed by atoms with van der Waals surface area (Å²) in [6.07, 6.45) is 1.94. The third kappa shape index (κ3) is 3.32. The summed E-state index contributed by atoms with van der Waals surface area (Å²) in [7, 11) is 1.66. The van der Waals surface area contributed by atoms with Gasteiger partial charge in [-0.1, -0.05) is 6.07 Å². The first kappa shape index (κ1) is 13.5. The number of ether oxygens (including phenoxy) is 1. The van der Waals surface area contributed by atoms with E-state index in [0.29, 0.717) is 30.4 Å². The number of aryl methyl sites for hydroxylation is 2. The van der Waals surface area contributed by atoms with Crippen molar-refractivity contribution in [3.05, 3.63) is 41.5 Å². The number of methoxy groups -OCH3 is 1. The van der Waals surface area contributed by atoms with Gasteiger partial charge in [-0.05, 0) is 31.5 Å². The lowest BCUT2D eigenvalue weighted by Crippen LogP contribution is -2.07. The molecule has 19 heavy (non-hydrogen) atoms. The number of nitrogens with one attached hydrogen (secondary N) is 1. The zero-order valence-corrected chi connectivity index (χ0v) is 11.4. The minimum atomic E-state index is -0.225. The van der Waals surface area contributed by atoms with Crippen LogP contribution in [0.5, 0.6) is 0 Å². The van der Waals surface area contributed by atoms with Gasteiger partial charge in [-0.25, -0.2) is 9.37 Å². The van der Waals surface area contributed by atoms with Gasteiger partial charge in [0.2, 0.25) is 5.95 Å². The lowest BCUT2D eigenvalue weighted by atomic mass is 10.2. The molecule has 0 unspecified atom stereocenters. The highest BCUT2D eigenvalue weighted by atomic mass is 19.1. The summed E-state index contributed by atoms with van der Waals surface area (Å²) in [5.74, 6) is 0.467. The number of nitrogens with zero attached hydrogens (tertiary/aromatic N) is 2. The minimum Gasteiger partial charge on any atom is -0.383 e. The number of rotatable bonds is 5. The van der Waals surface area contributed by atoms with Crippen molar-refractivity contribution in [3.63, 3.8) is 0 Å². The summed E-state index contributed by atoms with van der Waals surface area (Å²) in [4.78, 5) is 4.38. The predicted octanol–water partition coefficient (Wildman–Crippen LogP) is 3.03. The fourth-order valence-corrected chi connectivity index (χ4v) is 1.81. The molecule has 5 heteroatoms. The van der Waals surface area contributed by atoms with Crippen LogP contribution >= 0.6 is 0 Å². The van der Waals surface area contributed by atoms with Crippen LogP contribution in [0.1, 0.15) is 11.3 Å². The van der Waals surface area contributed by atoms with Crippen molar-refractivity contribution < 1.29 is 9.13 Å². The first-order valence-electron chi connectivity index (χ1n) is 6.16. The Hall–Kier alpha value is -1.88. The van der Waals surface area contributed by atoms with Gasteiger partial charge in [-0.15, -0.1) is 0 Å². The number of hydrogen-bond donors (Lipinski definition) is 1. The molecule has 1 aromatic carbocycles. The van der Waals surface area contributed by atoms with Crippen LogP contribution in [0, 0.1) is 19.7 Å². The van der Waals surface area contributed by atoms with Crippen molar-refractivity contribution in [3.8, 4) is 0 Å². The summed E-state index contributed by atoms with van der Waals surface area (Å²) >= 11 is 0. The molecule has 2 aromatic rings. The molecule has 102 valence electrons. The molecular formula is C14H18FN3O. The van der Waals surface area contributed by atoms with Crippen molar-refractivity contribution in [1.29, 1.82) is 0 Å². The van der Waals surface area contributed by atoms with E-state index in [-0.39, 0.29) is 5.82 Å². The maximum atomic E-state index is 13.5. The van der Waals surface area contributed by atoms with Crippen LogP contribution in [0.15, 0.2) is 24.4 Å². The second-order valence-corrected chi connectivity index (χ2v) is 4.48. The van der Waals surface area contributed by atoms with Crippen LogP contribution in [-0.2, 0) is 11.3 Å². The van der Waals surface area contributed by atoms with Gasteiger partial charge >= 0.3 is 0 Å². The standard InChI is InChI=1S/C14H18FN3O/c1-10-4-5-12(8-13(10)15)17-14-16-11(2)9-18(14)6-7-19-3/h4-5,8-9H,6-7H2,1-3H3,(H,16,17). The Morgan fingerprint density at radius 1 is 1.37 bits per heavy atom. The SMILES string of the molecule is COCCn1cc(C)nc1Nc1ccc(C)c(F)c1. The van der Waals surface area contributed by atoms with E-state index in [2.05, 4.69) is 10.3 Å². The van der Waals surface area contributed by atoms with Gasteiger partial charge in [0, 0.05) is 25.5 Å². The second-order valence-electron chi connectivity index (χ2n) is 4.48. The number of hydrogen-bond acceptors (Lipinski definition) is 3. The average Bonchev–Trinajstić information content (AvgIpc) is 2.71. The van der Waals surface area contributed by atoms with E-state index < -0.39 is 0 Å². The first-order chi connectivity index (χ1) is 9.10. The minimum absolute atomic E-state index is 0.225. The van der Waals surface area contributed by atoms with E-state index in [1.54, 1.807) is 20.1 Å². The summed E-state index contributed by atoms with van der Waals surface area (Å²) in [6.45, 7) is 4.97. The predicted molar refractivity (Wildman–Crippen MR) is 73.3 cm³/mol. The number of benzene rings is 1. The van der Waals surface area contributed by atoms with Crippen LogP contribution in [0.25, 0.3) is 0 Å². The van der Waals surface area contributed by atoms with Crippen molar-refractivity contribution in [1.82, 2.24) is 9.55 Å². The largest absolute Gasteiger partial charge is 0.383 e. The quantitative estimate of drug-likeness (QED) is 0.901. The highest BCUT2D eigenvalue weighted by Crippen LogP contribution is 2.19. The van der Waals surface area contributed by atoms with E-state index in [4.69, 9.17) is 4.74 Å². The molecule has 0 aliphatic rings. The second kappa shape index (κ2) is 5.84. The molecule has 0 spiro atoms. The molecule has 2 rings (SSSR count). The third-order valence-corrected chi connectivity index (χ3v) is 2.86. The summed E-state index contributed by atoms with van der Waals surface area (Å²) in [6, 6.07) is 5.05. The molecule has 0 saturated heterocycles. The Bertz CT molecular complexity index is 566. The van der Waals surface area contributed by atoms with Gasteiger partial charge < -0.3 is 14.6 Å². The Balaban J connectivity index is 2.19. The molecule has 0 fully saturated rings. The fourth-order valence-electron chi connectivity index (χ4n) is 1.81. The number of imidazole rings is 1. The highest BCUT2D eigenvalue weighted by Gasteiger charge is 2.07. The molecule has 1 N–H and O–H groups in total. The van der Waals surface area contributed by atoms with E-state index in [9.17, 15) is 4.39 Å². The lowest BCUT2D eigenvalue weighted by Gasteiger charge is -2.09. The molecule has 0 atom stereocenters. The smallest absolute Gasteiger partial charge is 0.207 e. The molecule has 0 aliphatic heterocycles. The summed E-state index contributed by atoms with van der Waals surface area (Å²) in [5.41, 5.74) is 2.23. The van der Waals surface area contributed by atoms with E-state index in [0.717, 1.165) is 5.69 Å². The molecular weight excluding hydrogens is 245 g/mol. The Morgan fingerprint density at radius 2 is 2.16 bits per heavy atom. The third-order valence-electron chi connectivity index (χ3n) is 2.86. The van der Waals surface area contributed by atoms with Crippen molar-refractivity contribution >= 4 is 11.6 Å². The Kier molecular flexibility index (Phi) is 4.16. The lowest BCUT2D eigenvalue weighted by molar-refractivity contribution is 0.188. The summed E-state index contributed by atoms with van der Waals surface area (Å²) in [5, 5.41) is 3.13. The number of aromatic nitrogens is 2. The van der Waals surface area contributed by atoms with Crippen molar-refractivity contribution in [2.45, 2.75) is 20.4 Å². The van der Waals surface area contributed by atoms with Gasteiger partial charge in [0.25, 0.3) is 0 Å². The van der Waals surface area contributed by atoms with Crippen LogP contribution in [0.4, 0.5) is 16.0 Å². The highest BCUT2D eigenvalue weighted by molar-refractivity contribution is 5.54. The van der Waals surface area contributed by atoms with Gasteiger partial charge in [-0.2, -0.15) is 0 Å². The summed E-state index contributed by atoms with van der Waals surface area (Å²) < 4.78 is 20.5. The fraction of sp³-hybridized carbons (Fsp3) is 0.357. The van der Waals surface area contributed by atoms with Crippen molar-refractivity contribution in [2.24, 2.45) is 0 Å². The van der Waals surface area contributed by atoms with Gasteiger partial charge in [-0.3, -0.25) is 0 Å². The average molecular weight is 263 g/mol. The zero-order chi connectivity index (χ0) is 13.8. The Labute approximate surface area is 112 Å². The van der Waals surface area contributed by atoms with Crippen LogP contribution < -0.4 is 5.32 Å². The van der Waals surface area contributed by atoms with E-state index in [1.807, 2.05) is 23.8 Å². The van der Waals surface area contributed by atoms with Gasteiger partial charge in [0.1, 0.15) is 5.82 Å². The molecule has 1 heterocycles. The van der Waals surface area contributed by atoms with Crippen LogP contribution in [0.3, 0.4) is 0 Å². The molecule has 0 saturated carbocycles. The first-order valence-corrected chi connectivity index (χ1v) is 6.16. The van der Waals surface area contributed by atoms with Gasteiger partial charge in [0.15, 0.2) is 0 Å². The Morgan fingerprint density at radius 3 is 2.84 bits per heavy atom. The molecule has 0 amide bonds. The maximum absolute atomic E-state index is 13.5. The van der Waals surface area contributed by atoms with Gasteiger partial charge in [0.05, 0.1) is 12.3 Å². The van der Waals surface area contributed by atoms with Crippen LogP contribution in [0.2, 0.25) is 0 Å². The normalized spacial score (nSPS) is 10.7. The maximum Gasteiger partial charge on any atom is 0.207 e. The number of halogens is 1. The molecule has 1 aromatic heterocycles. The molecule has 4 nitrogen and oxygen atoms in total. The van der Waals surface area contributed by atoms with Crippen molar-refractivity contribution in [2.75, 3.05) is 19.0 Å². The number of anilines is 2. The molecule has 0 bridgehead atoms. The monoisotopic (exact) mass is 263 g/mol. The topological polar surface area (TPSA) is 39.1 Å². The zero-order valence-electron chi connectivity index (χ0n) is 11.4. The van der Waals surface area contributed by atoms with Crippen LogP contribution in [-0.4, -0.2) is 23.3 Å². The van der Waals surface area contributed by atoms with E-state index in [1.165, 1.54) is 6.07 Å². The molecule has 0 aliphatic carbocycles.